The minimum absolute atomic E-state index is 0.0833. The maximum absolute atomic E-state index is 6.29. The number of hydrogen-bond acceptors (Lipinski definition) is 3. The van der Waals surface area contributed by atoms with Crippen molar-refractivity contribution in [3.63, 3.8) is 0 Å². The summed E-state index contributed by atoms with van der Waals surface area (Å²) in [5.41, 5.74) is 10.00. The van der Waals surface area contributed by atoms with E-state index in [4.69, 9.17) is 10.5 Å². The molecule has 3 rings (SSSR count). The van der Waals surface area contributed by atoms with Crippen LogP contribution in [0.15, 0.2) is 41.1 Å². The molecule has 0 fully saturated rings. The van der Waals surface area contributed by atoms with Crippen LogP contribution in [0.4, 0.5) is 0 Å². The van der Waals surface area contributed by atoms with Crippen LogP contribution >= 0.6 is 15.9 Å². The first-order valence-corrected chi connectivity index (χ1v) is 7.60. The van der Waals surface area contributed by atoms with Gasteiger partial charge in [-0.1, -0.05) is 15.9 Å². The van der Waals surface area contributed by atoms with Crippen molar-refractivity contribution in [1.29, 1.82) is 0 Å². The molecular formula is C16H17BrN2O. The van der Waals surface area contributed by atoms with Gasteiger partial charge < -0.3 is 10.5 Å². The molecule has 2 aromatic rings. The predicted molar refractivity (Wildman–Crippen MR) is 83.0 cm³/mol. The largest absolute Gasteiger partial charge is 0.493 e. The highest BCUT2D eigenvalue weighted by Crippen LogP contribution is 2.33. The van der Waals surface area contributed by atoms with Gasteiger partial charge in [-0.05, 0) is 53.8 Å². The Balaban J connectivity index is 1.75. The molecule has 4 heteroatoms. The van der Waals surface area contributed by atoms with E-state index in [-0.39, 0.29) is 6.04 Å². The van der Waals surface area contributed by atoms with Crippen molar-refractivity contribution in [1.82, 2.24) is 4.98 Å². The second-order valence-corrected chi connectivity index (χ2v) is 6.09. The summed E-state index contributed by atoms with van der Waals surface area (Å²) >= 11 is 3.57. The molecular weight excluding hydrogens is 316 g/mol. The number of ether oxygens (including phenoxy) is 1. The van der Waals surface area contributed by atoms with Gasteiger partial charge in [0.2, 0.25) is 0 Å². The molecule has 2 N–H and O–H groups in total. The zero-order chi connectivity index (χ0) is 13.9. The van der Waals surface area contributed by atoms with E-state index in [1.54, 1.807) is 0 Å². The van der Waals surface area contributed by atoms with Crippen LogP contribution in [0, 0.1) is 0 Å². The minimum atomic E-state index is 0.0833. The lowest BCUT2D eigenvalue weighted by Crippen LogP contribution is -2.25. The highest BCUT2D eigenvalue weighted by Gasteiger charge is 2.19. The molecule has 1 aromatic heterocycles. The van der Waals surface area contributed by atoms with Gasteiger partial charge in [0, 0.05) is 29.3 Å². The third-order valence-electron chi connectivity index (χ3n) is 3.55. The van der Waals surface area contributed by atoms with E-state index in [9.17, 15) is 0 Å². The number of nitrogens with zero attached hydrogens (tertiary/aromatic N) is 1. The topological polar surface area (TPSA) is 48.1 Å². The number of fused-ring (bicyclic) bond motifs is 1. The predicted octanol–water partition coefficient (Wildman–Crippen LogP) is 2.89. The van der Waals surface area contributed by atoms with E-state index in [0.717, 1.165) is 36.1 Å². The van der Waals surface area contributed by atoms with E-state index < -0.39 is 0 Å². The Labute approximate surface area is 127 Å². The third-order valence-corrected chi connectivity index (χ3v) is 4.01. The summed E-state index contributed by atoms with van der Waals surface area (Å²) in [6.45, 7) is 0.776. The number of hydrogen-bond donors (Lipinski definition) is 1. The maximum atomic E-state index is 6.29. The van der Waals surface area contributed by atoms with Crippen LogP contribution in [-0.4, -0.2) is 17.6 Å². The molecule has 0 bridgehead atoms. The summed E-state index contributed by atoms with van der Waals surface area (Å²) in [6.07, 6.45) is 6.28. The van der Waals surface area contributed by atoms with Gasteiger partial charge in [0.1, 0.15) is 5.75 Å². The fourth-order valence-corrected chi connectivity index (χ4v) is 3.23. The molecule has 3 nitrogen and oxygen atoms in total. The van der Waals surface area contributed by atoms with Crippen molar-refractivity contribution in [2.24, 2.45) is 5.73 Å². The molecule has 0 aliphatic carbocycles. The molecule has 2 heterocycles. The van der Waals surface area contributed by atoms with Crippen LogP contribution in [-0.2, 0) is 19.3 Å². The smallest absolute Gasteiger partial charge is 0.125 e. The van der Waals surface area contributed by atoms with E-state index in [2.05, 4.69) is 33.0 Å². The fourth-order valence-electron chi connectivity index (χ4n) is 2.67. The molecule has 1 aliphatic rings. The Morgan fingerprint density at radius 1 is 1.25 bits per heavy atom. The second-order valence-electron chi connectivity index (χ2n) is 5.18. The number of pyridine rings is 1. The first kappa shape index (κ1) is 13.6. The SMILES string of the molecule is NC(Cc1ccncc1)Cc1cc(Br)cc2c1OCC2. The molecule has 1 aliphatic heterocycles. The van der Waals surface area contributed by atoms with E-state index in [1.807, 2.05) is 24.5 Å². The Morgan fingerprint density at radius 3 is 2.85 bits per heavy atom. The molecule has 1 unspecified atom stereocenters. The lowest BCUT2D eigenvalue weighted by atomic mass is 9.98. The number of halogens is 1. The van der Waals surface area contributed by atoms with Crippen molar-refractivity contribution in [3.05, 3.63) is 57.8 Å². The lowest BCUT2D eigenvalue weighted by molar-refractivity contribution is 0.352. The number of rotatable bonds is 4. The summed E-state index contributed by atoms with van der Waals surface area (Å²) in [5.74, 6) is 1.04. The first-order valence-electron chi connectivity index (χ1n) is 6.81. The summed E-state index contributed by atoms with van der Waals surface area (Å²) in [7, 11) is 0. The number of nitrogens with two attached hydrogens (primary N) is 1. The molecule has 0 amide bonds. The Bertz CT molecular complexity index is 601. The molecule has 1 aromatic carbocycles. The molecule has 1 atom stereocenters. The Morgan fingerprint density at radius 2 is 2.05 bits per heavy atom. The summed E-state index contributed by atoms with van der Waals surface area (Å²) in [5, 5.41) is 0. The molecule has 0 radical (unpaired) electrons. The first-order chi connectivity index (χ1) is 9.72. The van der Waals surface area contributed by atoms with Crippen LogP contribution in [0.3, 0.4) is 0 Å². The number of aromatic nitrogens is 1. The van der Waals surface area contributed by atoms with Gasteiger partial charge >= 0.3 is 0 Å². The quantitative estimate of drug-likeness (QED) is 0.936. The van der Waals surface area contributed by atoms with Gasteiger partial charge in [-0.25, -0.2) is 0 Å². The van der Waals surface area contributed by atoms with Crippen molar-refractivity contribution < 1.29 is 4.74 Å². The monoisotopic (exact) mass is 332 g/mol. The minimum Gasteiger partial charge on any atom is -0.493 e. The molecule has 0 saturated heterocycles. The maximum Gasteiger partial charge on any atom is 0.125 e. The van der Waals surface area contributed by atoms with Gasteiger partial charge in [-0.2, -0.15) is 0 Å². The van der Waals surface area contributed by atoms with Gasteiger partial charge in [0.25, 0.3) is 0 Å². The van der Waals surface area contributed by atoms with Crippen molar-refractivity contribution >= 4 is 15.9 Å². The van der Waals surface area contributed by atoms with Crippen LogP contribution in [0.2, 0.25) is 0 Å². The Kier molecular flexibility index (Phi) is 4.03. The lowest BCUT2D eigenvalue weighted by Gasteiger charge is -2.14. The van der Waals surface area contributed by atoms with E-state index in [1.165, 1.54) is 16.7 Å². The average Bonchev–Trinajstić information content (AvgIpc) is 2.88. The second kappa shape index (κ2) is 5.94. The summed E-state index contributed by atoms with van der Waals surface area (Å²) < 4.78 is 6.85. The zero-order valence-electron chi connectivity index (χ0n) is 11.2. The Hall–Kier alpha value is -1.39. The van der Waals surface area contributed by atoms with Crippen molar-refractivity contribution in [3.8, 4) is 5.75 Å². The van der Waals surface area contributed by atoms with Crippen molar-refractivity contribution in [2.45, 2.75) is 25.3 Å². The highest BCUT2D eigenvalue weighted by molar-refractivity contribution is 9.10. The third kappa shape index (κ3) is 3.02. The van der Waals surface area contributed by atoms with Crippen molar-refractivity contribution in [2.75, 3.05) is 6.61 Å². The van der Waals surface area contributed by atoms with Gasteiger partial charge in [-0.15, -0.1) is 0 Å². The molecule has 104 valence electrons. The summed E-state index contributed by atoms with van der Waals surface area (Å²) in [4.78, 5) is 4.03. The number of benzene rings is 1. The fraction of sp³-hybridized carbons (Fsp3) is 0.312. The van der Waals surface area contributed by atoms with Crippen LogP contribution < -0.4 is 10.5 Å². The van der Waals surface area contributed by atoms with Crippen LogP contribution in [0.5, 0.6) is 5.75 Å². The normalized spacial score (nSPS) is 14.7. The van der Waals surface area contributed by atoms with Crippen LogP contribution in [0.1, 0.15) is 16.7 Å². The molecule has 20 heavy (non-hydrogen) atoms. The highest BCUT2D eigenvalue weighted by atomic mass is 79.9. The molecule has 0 saturated carbocycles. The standard InChI is InChI=1S/C16H17BrN2O/c17-14-8-12-3-6-20-16(12)13(9-14)10-15(18)7-11-1-4-19-5-2-11/h1-2,4-5,8-9,15H,3,6-7,10,18H2. The van der Waals surface area contributed by atoms with Gasteiger partial charge in [0.15, 0.2) is 0 Å². The van der Waals surface area contributed by atoms with Crippen LogP contribution in [0.25, 0.3) is 0 Å². The van der Waals surface area contributed by atoms with E-state index in [0.29, 0.717) is 0 Å². The van der Waals surface area contributed by atoms with E-state index >= 15 is 0 Å². The van der Waals surface area contributed by atoms with Gasteiger partial charge in [-0.3, -0.25) is 4.98 Å². The average molecular weight is 333 g/mol. The zero-order valence-corrected chi connectivity index (χ0v) is 12.8. The molecule has 0 spiro atoms. The van der Waals surface area contributed by atoms with Gasteiger partial charge in [0.05, 0.1) is 6.61 Å². The summed E-state index contributed by atoms with van der Waals surface area (Å²) in [6, 6.07) is 8.38.